The first kappa shape index (κ1) is 44.2. The largest absolute Gasteiger partial charge is 0.472 e. The van der Waals surface area contributed by atoms with E-state index in [2.05, 4.69) is 31.3 Å². The number of hydrogen-bond donors (Lipinski definition) is 4. The summed E-state index contributed by atoms with van der Waals surface area (Å²) in [4.78, 5) is 22.5. The van der Waals surface area contributed by atoms with E-state index in [1.54, 1.807) is 0 Å². The van der Waals surface area contributed by atoms with E-state index in [1.807, 2.05) is 0 Å². The Bertz CT molecular complexity index is 724. The van der Waals surface area contributed by atoms with Crippen LogP contribution in [0.15, 0.2) is 12.2 Å². The van der Waals surface area contributed by atoms with Gasteiger partial charge in [-0.15, -0.1) is 0 Å². The number of carbonyl (C=O) groups is 1. The third kappa shape index (κ3) is 31.6. The van der Waals surface area contributed by atoms with Crippen molar-refractivity contribution < 1.29 is 28.4 Å². The summed E-state index contributed by atoms with van der Waals surface area (Å²) in [6, 6.07) is -0.770. The van der Waals surface area contributed by atoms with Crippen LogP contribution in [-0.4, -0.2) is 47.8 Å². The summed E-state index contributed by atoms with van der Waals surface area (Å²) in [5.41, 5.74) is 5.35. The Labute approximate surface area is 277 Å². The van der Waals surface area contributed by atoms with Gasteiger partial charge in [0.25, 0.3) is 0 Å². The number of allylic oxidation sites excluding steroid dienone is 2. The van der Waals surface area contributed by atoms with Crippen LogP contribution < -0.4 is 11.1 Å². The average Bonchev–Trinajstić information content (AvgIpc) is 3.02. The number of aliphatic hydroxyl groups is 1. The molecule has 0 bridgehead atoms. The molecule has 0 aliphatic carbocycles. The Kier molecular flexibility index (Phi) is 32.6. The lowest BCUT2D eigenvalue weighted by molar-refractivity contribution is -0.123. The maximum absolute atomic E-state index is 12.7. The molecule has 0 aromatic heterocycles. The molecule has 0 saturated heterocycles. The molecule has 0 spiro atoms. The molecule has 3 atom stereocenters. The van der Waals surface area contributed by atoms with Crippen molar-refractivity contribution in [3.8, 4) is 0 Å². The molecule has 0 heterocycles. The van der Waals surface area contributed by atoms with Gasteiger partial charge in [0.15, 0.2) is 0 Å². The summed E-state index contributed by atoms with van der Waals surface area (Å²) in [5, 5.41) is 13.6. The second-order valence-electron chi connectivity index (χ2n) is 12.8. The number of rotatable bonds is 35. The average molecular weight is 661 g/mol. The van der Waals surface area contributed by atoms with Crippen molar-refractivity contribution in [1.82, 2.24) is 5.32 Å². The highest BCUT2D eigenvalue weighted by Gasteiger charge is 2.27. The molecule has 45 heavy (non-hydrogen) atoms. The molecular weight excluding hydrogens is 587 g/mol. The molecule has 0 aromatic carbocycles. The Balaban J connectivity index is 4.13. The molecule has 1 amide bonds. The van der Waals surface area contributed by atoms with E-state index >= 15 is 0 Å². The van der Waals surface area contributed by atoms with Crippen molar-refractivity contribution in [2.45, 2.75) is 193 Å². The van der Waals surface area contributed by atoms with E-state index in [0.717, 1.165) is 38.5 Å². The molecule has 5 N–H and O–H groups in total. The lowest BCUT2D eigenvalue weighted by Crippen LogP contribution is -2.46. The first-order chi connectivity index (χ1) is 21.9. The van der Waals surface area contributed by atoms with E-state index in [0.29, 0.717) is 12.8 Å². The van der Waals surface area contributed by atoms with Crippen LogP contribution in [0.4, 0.5) is 0 Å². The molecular formula is C36H73N2O6P. The maximum atomic E-state index is 12.7. The smallest absolute Gasteiger partial charge is 0.391 e. The number of unbranched alkanes of at least 4 members (excludes halogenated alkanes) is 21. The standard InChI is InChI=1S/C36H73N2O6P/c1-3-5-7-9-11-13-14-15-16-17-18-19-20-21-22-24-26-28-30-36(40)38-34(33-44-45(41,42)43-32-31-37)35(39)29-27-25-23-12-10-8-6-4-2/h16-17,34-35,39H,3-15,18-33,37H2,1-2H3,(H,38,40)(H,41,42)/b17-16-. The van der Waals surface area contributed by atoms with Gasteiger partial charge < -0.3 is 21.1 Å². The van der Waals surface area contributed by atoms with Crippen LogP contribution in [0.1, 0.15) is 181 Å². The minimum absolute atomic E-state index is 0.0892. The molecule has 0 aromatic rings. The lowest BCUT2D eigenvalue weighted by Gasteiger charge is -2.25. The second-order valence-corrected chi connectivity index (χ2v) is 14.2. The number of nitrogens with one attached hydrogen (secondary N) is 1. The van der Waals surface area contributed by atoms with E-state index < -0.39 is 20.0 Å². The molecule has 3 unspecified atom stereocenters. The third-order valence-corrected chi connectivity index (χ3v) is 9.35. The molecule has 0 aliphatic rings. The van der Waals surface area contributed by atoms with Crippen molar-refractivity contribution in [1.29, 1.82) is 0 Å². The fourth-order valence-corrected chi connectivity index (χ4v) is 6.24. The van der Waals surface area contributed by atoms with Gasteiger partial charge in [0.05, 0.1) is 25.4 Å². The summed E-state index contributed by atoms with van der Waals surface area (Å²) >= 11 is 0. The van der Waals surface area contributed by atoms with Gasteiger partial charge in [0.1, 0.15) is 0 Å². The summed E-state index contributed by atoms with van der Waals surface area (Å²) < 4.78 is 22.0. The minimum Gasteiger partial charge on any atom is -0.391 e. The molecule has 0 saturated carbocycles. The predicted molar refractivity (Wildman–Crippen MR) is 189 cm³/mol. The first-order valence-electron chi connectivity index (χ1n) is 18.8. The van der Waals surface area contributed by atoms with Gasteiger partial charge in [-0.1, -0.05) is 148 Å². The van der Waals surface area contributed by atoms with Gasteiger partial charge in [-0.3, -0.25) is 13.8 Å². The Morgan fingerprint density at radius 3 is 1.64 bits per heavy atom. The molecule has 8 nitrogen and oxygen atoms in total. The molecule has 0 aliphatic heterocycles. The van der Waals surface area contributed by atoms with Gasteiger partial charge in [-0.25, -0.2) is 4.57 Å². The zero-order valence-electron chi connectivity index (χ0n) is 29.4. The number of amides is 1. The van der Waals surface area contributed by atoms with Crippen LogP contribution in [0.2, 0.25) is 0 Å². The van der Waals surface area contributed by atoms with Crippen molar-refractivity contribution in [2.24, 2.45) is 5.73 Å². The molecule has 9 heteroatoms. The summed E-state index contributed by atoms with van der Waals surface area (Å²) in [5.74, 6) is -0.169. The van der Waals surface area contributed by atoms with E-state index in [1.165, 1.54) is 116 Å². The third-order valence-electron chi connectivity index (χ3n) is 8.37. The van der Waals surface area contributed by atoms with Gasteiger partial charge in [-0.2, -0.15) is 0 Å². The van der Waals surface area contributed by atoms with Crippen LogP contribution in [0.3, 0.4) is 0 Å². The molecule has 0 fully saturated rings. The number of phosphoric ester groups is 1. The van der Waals surface area contributed by atoms with E-state index in [4.69, 9.17) is 14.8 Å². The highest BCUT2D eigenvalue weighted by molar-refractivity contribution is 7.47. The minimum atomic E-state index is -4.30. The van der Waals surface area contributed by atoms with Crippen LogP contribution in [0.25, 0.3) is 0 Å². The van der Waals surface area contributed by atoms with Gasteiger partial charge in [0.2, 0.25) is 5.91 Å². The second kappa shape index (κ2) is 33.2. The number of carbonyl (C=O) groups excluding carboxylic acids is 1. The first-order valence-corrected chi connectivity index (χ1v) is 20.3. The quantitative estimate of drug-likeness (QED) is 0.0302. The summed E-state index contributed by atoms with van der Waals surface area (Å²) in [6.07, 6.45) is 33.7. The fourth-order valence-electron chi connectivity index (χ4n) is 5.48. The monoisotopic (exact) mass is 661 g/mol. The van der Waals surface area contributed by atoms with E-state index in [-0.39, 0.29) is 25.7 Å². The van der Waals surface area contributed by atoms with Crippen LogP contribution in [0, 0.1) is 0 Å². The topological polar surface area (TPSA) is 131 Å². The molecule has 0 rings (SSSR count). The molecule has 268 valence electrons. The lowest BCUT2D eigenvalue weighted by atomic mass is 10.0. The van der Waals surface area contributed by atoms with Gasteiger partial charge in [-0.05, 0) is 38.5 Å². The number of hydrogen-bond acceptors (Lipinski definition) is 6. The molecule has 0 radical (unpaired) electrons. The predicted octanol–water partition coefficient (Wildman–Crippen LogP) is 9.66. The van der Waals surface area contributed by atoms with Crippen LogP contribution >= 0.6 is 7.82 Å². The SMILES string of the molecule is CCCCCCCCC/C=C\CCCCCCCCCC(=O)NC(COP(=O)(O)OCCN)C(O)CCCCCCCCCC. The summed E-state index contributed by atoms with van der Waals surface area (Å²) in [6.45, 7) is 4.16. The number of nitrogens with two attached hydrogens (primary N) is 1. The van der Waals surface area contributed by atoms with Crippen molar-refractivity contribution in [3.63, 3.8) is 0 Å². The van der Waals surface area contributed by atoms with E-state index in [9.17, 15) is 19.4 Å². The zero-order chi connectivity index (χ0) is 33.3. The Hall–Kier alpha value is -0.760. The van der Waals surface area contributed by atoms with Gasteiger partial charge in [0, 0.05) is 13.0 Å². The highest BCUT2D eigenvalue weighted by Crippen LogP contribution is 2.43. The Morgan fingerprint density at radius 1 is 0.711 bits per heavy atom. The van der Waals surface area contributed by atoms with Crippen molar-refractivity contribution >= 4 is 13.7 Å². The van der Waals surface area contributed by atoms with Crippen molar-refractivity contribution in [2.75, 3.05) is 19.8 Å². The zero-order valence-corrected chi connectivity index (χ0v) is 30.3. The normalized spacial score (nSPS) is 14.5. The Morgan fingerprint density at radius 2 is 1.16 bits per heavy atom. The van der Waals surface area contributed by atoms with Crippen LogP contribution in [0.5, 0.6) is 0 Å². The highest BCUT2D eigenvalue weighted by atomic mass is 31.2. The fraction of sp³-hybridized carbons (Fsp3) is 0.917. The maximum Gasteiger partial charge on any atom is 0.472 e. The van der Waals surface area contributed by atoms with Gasteiger partial charge >= 0.3 is 7.82 Å². The van der Waals surface area contributed by atoms with Crippen molar-refractivity contribution in [3.05, 3.63) is 12.2 Å². The number of aliphatic hydroxyl groups excluding tert-OH is 1. The summed E-state index contributed by atoms with van der Waals surface area (Å²) in [7, 11) is -4.30. The van der Waals surface area contributed by atoms with Crippen LogP contribution in [-0.2, 0) is 18.4 Å². The number of phosphoric acid groups is 1.